The molecule has 4 heteroatoms. The summed E-state index contributed by atoms with van der Waals surface area (Å²) >= 11 is 5.79. The maximum absolute atomic E-state index is 8.76. The first-order valence-electron chi connectivity index (χ1n) is 3.95. The first-order valence-corrected chi connectivity index (χ1v) is 5.21. The number of rotatable bonds is 1. The molecule has 0 radical (unpaired) electrons. The van der Waals surface area contributed by atoms with Crippen molar-refractivity contribution >= 4 is 34.1 Å². The zero-order chi connectivity index (χ0) is 10.1. The van der Waals surface area contributed by atoms with Crippen LogP contribution in [0.3, 0.4) is 0 Å². The number of thiophene rings is 1. The van der Waals surface area contributed by atoms with Crippen molar-refractivity contribution in [3.8, 4) is 11.8 Å². The molecule has 0 N–H and O–H groups in total. The molecule has 0 amide bonds. The number of hydrogen-bond donors (Lipinski definition) is 1. The fourth-order valence-corrected chi connectivity index (χ4v) is 2.57. The first-order chi connectivity index (χ1) is 6.74. The molecule has 0 atom stereocenters. The number of hydrogen-bond acceptors (Lipinski definition) is 4. The molecular weight excluding hydrogens is 214 g/mol. The van der Waals surface area contributed by atoms with Gasteiger partial charge in [0.15, 0.2) is 0 Å². The van der Waals surface area contributed by atoms with Gasteiger partial charge in [-0.2, -0.15) is 5.26 Å². The number of ether oxygens (including phenoxy) is 1. The van der Waals surface area contributed by atoms with E-state index >= 15 is 0 Å². The van der Waals surface area contributed by atoms with Crippen LogP contribution >= 0.6 is 24.0 Å². The van der Waals surface area contributed by atoms with E-state index in [1.54, 1.807) is 7.11 Å². The summed E-state index contributed by atoms with van der Waals surface area (Å²) < 4.78 is 6.15. The Balaban J connectivity index is 2.75. The third-order valence-electron chi connectivity index (χ3n) is 1.93. The predicted octanol–water partition coefficient (Wildman–Crippen LogP) is 3.07. The molecule has 2 rings (SSSR count). The normalized spacial score (nSPS) is 10.1. The second-order valence-corrected chi connectivity index (χ2v) is 4.35. The van der Waals surface area contributed by atoms with E-state index in [2.05, 4.69) is 18.7 Å². The Morgan fingerprint density at radius 1 is 1.43 bits per heavy atom. The highest BCUT2D eigenvalue weighted by Crippen LogP contribution is 2.33. The van der Waals surface area contributed by atoms with Crippen molar-refractivity contribution in [2.75, 3.05) is 7.11 Å². The van der Waals surface area contributed by atoms with Crippen LogP contribution < -0.4 is 4.74 Å². The van der Waals surface area contributed by atoms with Crippen LogP contribution in [0.25, 0.3) is 10.1 Å². The molecule has 1 aromatic heterocycles. The second-order valence-electron chi connectivity index (χ2n) is 2.78. The van der Waals surface area contributed by atoms with Gasteiger partial charge in [0.05, 0.1) is 7.11 Å². The van der Waals surface area contributed by atoms with Crippen LogP contribution in [0, 0.1) is 11.3 Å². The highest BCUT2D eigenvalue weighted by atomic mass is 32.1. The number of benzene rings is 1. The van der Waals surface area contributed by atoms with Crippen molar-refractivity contribution in [1.82, 2.24) is 0 Å². The van der Waals surface area contributed by atoms with Crippen molar-refractivity contribution < 1.29 is 4.74 Å². The van der Waals surface area contributed by atoms with Gasteiger partial charge in [-0.15, -0.1) is 24.0 Å². The molecule has 0 bridgehead atoms. The minimum absolute atomic E-state index is 0.698. The number of nitrogens with zero attached hydrogens (tertiary/aromatic N) is 1. The van der Waals surface area contributed by atoms with Crippen molar-refractivity contribution in [3.63, 3.8) is 0 Å². The third kappa shape index (κ3) is 1.45. The standard InChI is InChI=1S/C10H7NOS2/c1-12-6-2-9(13)8-4-7(5-11)14-10(8)3-6/h2-4,13H,1H3. The summed E-state index contributed by atoms with van der Waals surface area (Å²) in [5.41, 5.74) is 0. The van der Waals surface area contributed by atoms with Crippen LogP contribution in [0.4, 0.5) is 0 Å². The van der Waals surface area contributed by atoms with Crippen molar-refractivity contribution in [1.29, 1.82) is 5.26 Å². The number of methoxy groups -OCH3 is 1. The van der Waals surface area contributed by atoms with Gasteiger partial charge in [-0.25, -0.2) is 0 Å². The van der Waals surface area contributed by atoms with Gasteiger partial charge in [-0.05, 0) is 18.2 Å². The lowest BCUT2D eigenvalue weighted by molar-refractivity contribution is 0.414. The number of thiol groups is 1. The van der Waals surface area contributed by atoms with Crippen molar-refractivity contribution in [3.05, 3.63) is 23.1 Å². The molecule has 1 heterocycles. The van der Waals surface area contributed by atoms with E-state index < -0.39 is 0 Å². The summed E-state index contributed by atoms with van der Waals surface area (Å²) in [6.07, 6.45) is 0. The van der Waals surface area contributed by atoms with Crippen LogP contribution in [0.15, 0.2) is 23.1 Å². The molecular formula is C10H7NOS2. The summed E-state index contributed by atoms with van der Waals surface area (Å²) in [6.45, 7) is 0. The van der Waals surface area contributed by atoms with Gasteiger partial charge in [-0.3, -0.25) is 0 Å². The van der Waals surface area contributed by atoms with Crippen molar-refractivity contribution in [2.24, 2.45) is 0 Å². The molecule has 0 fully saturated rings. The highest BCUT2D eigenvalue weighted by Gasteiger charge is 2.06. The second kappa shape index (κ2) is 3.52. The molecule has 0 aliphatic carbocycles. The Morgan fingerprint density at radius 2 is 2.21 bits per heavy atom. The average Bonchev–Trinajstić information content (AvgIpc) is 2.61. The lowest BCUT2D eigenvalue weighted by Gasteiger charge is -2.00. The van der Waals surface area contributed by atoms with E-state index in [0.29, 0.717) is 4.88 Å². The van der Waals surface area contributed by atoms with Crippen LogP contribution in [0.2, 0.25) is 0 Å². The number of nitriles is 1. The lowest BCUT2D eigenvalue weighted by atomic mass is 10.2. The molecule has 2 aromatic rings. The Hall–Kier alpha value is -1.18. The van der Waals surface area contributed by atoms with Gasteiger partial charge >= 0.3 is 0 Å². The SMILES string of the molecule is COc1cc(S)c2cc(C#N)sc2c1. The van der Waals surface area contributed by atoms with E-state index in [-0.39, 0.29) is 0 Å². The lowest BCUT2D eigenvalue weighted by Crippen LogP contribution is -1.81. The summed E-state index contributed by atoms with van der Waals surface area (Å²) in [4.78, 5) is 1.54. The Labute approximate surface area is 91.1 Å². The minimum Gasteiger partial charge on any atom is -0.497 e. The fraction of sp³-hybridized carbons (Fsp3) is 0.100. The van der Waals surface area contributed by atoms with E-state index in [1.807, 2.05) is 18.2 Å². The zero-order valence-electron chi connectivity index (χ0n) is 7.44. The highest BCUT2D eigenvalue weighted by molar-refractivity contribution is 7.80. The van der Waals surface area contributed by atoms with Gasteiger partial charge in [0.25, 0.3) is 0 Å². The molecule has 0 spiro atoms. The zero-order valence-corrected chi connectivity index (χ0v) is 9.15. The van der Waals surface area contributed by atoms with E-state index in [0.717, 1.165) is 20.7 Å². The smallest absolute Gasteiger partial charge is 0.121 e. The third-order valence-corrected chi connectivity index (χ3v) is 3.29. The summed E-state index contributed by atoms with van der Waals surface area (Å²) in [7, 11) is 1.62. The molecule has 14 heavy (non-hydrogen) atoms. The van der Waals surface area contributed by atoms with Gasteiger partial charge in [-0.1, -0.05) is 0 Å². The number of fused-ring (bicyclic) bond motifs is 1. The van der Waals surface area contributed by atoms with Crippen LogP contribution in [-0.2, 0) is 0 Å². The van der Waals surface area contributed by atoms with Gasteiger partial charge in [0.2, 0.25) is 0 Å². The molecule has 2 nitrogen and oxygen atoms in total. The fourth-order valence-electron chi connectivity index (χ4n) is 1.27. The monoisotopic (exact) mass is 221 g/mol. The minimum atomic E-state index is 0.698. The summed E-state index contributed by atoms with van der Waals surface area (Å²) in [6, 6.07) is 7.74. The van der Waals surface area contributed by atoms with E-state index in [4.69, 9.17) is 10.00 Å². The van der Waals surface area contributed by atoms with Gasteiger partial charge in [0, 0.05) is 15.0 Å². The largest absolute Gasteiger partial charge is 0.497 e. The topological polar surface area (TPSA) is 33.0 Å². The molecule has 1 aromatic carbocycles. The molecule has 0 unspecified atom stereocenters. The molecule has 70 valence electrons. The quantitative estimate of drug-likeness (QED) is 0.751. The van der Waals surface area contributed by atoms with Crippen LogP contribution in [0.5, 0.6) is 5.75 Å². The Kier molecular flexibility index (Phi) is 2.36. The Bertz CT molecular complexity index is 525. The molecule has 0 aliphatic rings. The van der Waals surface area contributed by atoms with Crippen LogP contribution in [0.1, 0.15) is 4.88 Å². The maximum atomic E-state index is 8.76. The van der Waals surface area contributed by atoms with Crippen LogP contribution in [-0.4, -0.2) is 7.11 Å². The van der Waals surface area contributed by atoms with E-state index in [1.165, 1.54) is 11.3 Å². The van der Waals surface area contributed by atoms with Crippen molar-refractivity contribution in [2.45, 2.75) is 4.90 Å². The average molecular weight is 221 g/mol. The summed E-state index contributed by atoms with van der Waals surface area (Å²) in [5.74, 6) is 0.772. The van der Waals surface area contributed by atoms with Gasteiger partial charge in [0.1, 0.15) is 16.7 Å². The Morgan fingerprint density at radius 3 is 2.86 bits per heavy atom. The predicted molar refractivity (Wildman–Crippen MR) is 60.3 cm³/mol. The first kappa shape index (κ1) is 9.38. The maximum Gasteiger partial charge on any atom is 0.121 e. The van der Waals surface area contributed by atoms with Gasteiger partial charge < -0.3 is 4.74 Å². The summed E-state index contributed by atoms with van der Waals surface area (Å²) in [5, 5.41) is 9.77. The van der Waals surface area contributed by atoms with E-state index in [9.17, 15) is 0 Å². The molecule has 0 aliphatic heterocycles. The molecule has 0 saturated heterocycles. The molecule has 0 saturated carbocycles.